The van der Waals surface area contributed by atoms with Crippen LogP contribution >= 0.6 is 0 Å². The van der Waals surface area contributed by atoms with E-state index in [0.717, 1.165) is 42.6 Å². The molecule has 1 fully saturated rings. The average molecular weight is 422 g/mol. The van der Waals surface area contributed by atoms with Crippen molar-refractivity contribution in [2.75, 3.05) is 6.79 Å². The number of halogens is 1. The summed E-state index contributed by atoms with van der Waals surface area (Å²) >= 11 is 0. The molecule has 0 N–H and O–H groups in total. The van der Waals surface area contributed by atoms with Gasteiger partial charge in [0.05, 0.1) is 6.54 Å². The molecule has 0 atom stereocenters. The fourth-order valence-electron chi connectivity index (χ4n) is 4.23. The zero-order valence-electron chi connectivity index (χ0n) is 17.1. The van der Waals surface area contributed by atoms with E-state index < -0.39 is 0 Å². The van der Waals surface area contributed by atoms with Crippen molar-refractivity contribution < 1.29 is 23.2 Å². The van der Waals surface area contributed by atoms with Crippen molar-refractivity contribution in [3.8, 4) is 22.8 Å². The third-order valence-electron chi connectivity index (χ3n) is 5.87. The Hall–Kier alpha value is -3.35. The maximum Gasteiger partial charge on any atom is 0.231 e. The first-order valence-electron chi connectivity index (χ1n) is 10.5. The minimum absolute atomic E-state index is 0.0532. The van der Waals surface area contributed by atoms with Gasteiger partial charge < -0.3 is 18.9 Å². The summed E-state index contributed by atoms with van der Waals surface area (Å²) in [5.41, 5.74) is 2.37. The molecule has 1 aromatic heterocycles. The van der Waals surface area contributed by atoms with Crippen molar-refractivity contribution in [1.29, 1.82) is 0 Å². The molecule has 0 unspecified atom stereocenters. The van der Waals surface area contributed by atoms with Crippen LogP contribution in [0.5, 0.6) is 11.5 Å². The summed E-state index contributed by atoms with van der Waals surface area (Å²) in [7, 11) is 0. The lowest BCUT2D eigenvalue weighted by molar-refractivity contribution is -0.136. The lowest BCUT2D eigenvalue weighted by Crippen LogP contribution is -2.34. The van der Waals surface area contributed by atoms with E-state index in [9.17, 15) is 9.18 Å². The Bertz CT molecular complexity index is 1070. The molecular weight excluding hydrogens is 399 g/mol. The van der Waals surface area contributed by atoms with Gasteiger partial charge in [0, 0.05) is 24.1 Å². The van der Waals surface area contributed by atoms with Crippen LogP contribution in [0.3, 0.4) is 0 Å². The molecule has 0 bridgehead atoms. The minimum atomic E-state index is -0.305. The van der Waals surface area contributed by atoms with Crippen molar-refractivity contribution in [3.05, 3.63) is 65.6 Å². The maximum atomic E-state index is 13.3. The molecule has 5 rings (SSSR count). The van der Waals surface area contributed by atoms with Crippen LogP contribution in [0.15, 0.2) is 53.1 Å². The lowest BCUT2D eigenvalue weighted by Gasteiger charge is -2.25. The van der Waals surface area contributed by atoms with Crippen LogP contribution < -0.4 is 9.47 Å². The quantitative estimate of drug-likeness (QED) is 0.564. The van der Waals surface area contributed by atoms with Crippen molar-refractivity contribution >= 4 is 5.91 Å². The van der Waals surface area contributed by atoms with E-state index in [-0.39, 0.29) is 24.4 Å². The highest BCUT2D eigenvalue weighted by atomic mass is 19.1. The zero-order valence-corrected chi connectivity index (χ0v) is 17.1. The number of rotatable bonds is 6. The van der Waals surface area contributed by atoms with Gasteiger partial charge in [-0.15, -0.1) is 0 Å². The molecule has 0 spiro atoms. The van der Waals surface area contributed by atoms with E-state index in [1.165, 1.54) is 12.1 Å². The zero-order chi connectivity index (χ0) is 21.2. The van der Waals surface area contributed by atoms with Gasteiger partial charge >= 0.3 is 0 Å². The monoisotopic (exact) mass is 422 g/mol. The van der Waals surface area contributed by atoms with E-state index in [4.69, 9.17) is 14.0 Å². The molecule has 2 aromatic carbocycles. The fraction of sp³-hybridized carbons (Fsp3) is 0.333. The highest BCUT2D eigenvalue weighted by molar-refractivity contribution is 5.79. The van der Waals surface area contributed by atoms with Crippen LogP contribution in [-0.2, 0) is 17.9 Å². The Morgan fingerprint density at radius 1 is 1.00 bits per heavy atom. The molecule has 0 saturated heterocycles. The number of hydrogen-bond donors (Lipinski definition) is 0. The number of ether oxygens (including phenoxy) is 2. The van der Waals surface area contributed by atoms with Crippen LogP contribution in [0.2, 0.25) is 0 Å². The molecule has 31 heavy (non-hydrogen) atoms. The normalized spacial score (nSPS) is 15.4. The van der Waals surface area contributed by atoms with Gasteiger partial charge in [-0.1, -0.05) is 24.1 Å². The van der Waals surface area contributed by atoms with Gasteiger partial charge in [0.15, 0.2) is 17.3 Å². The summed E-state index contributed by atoms with van der Waals surface area (Å²) in [4.78, 5) is 15.1. The van der Waals surface area contributed by atoms with Gasteiger partial charge in [0.1, 0.15) is 11.5 Å². The number of carbonyl (C=O) groups excluding carboxylic acids is 1. The number of aromatic nitrogens is 1. The van der Waals surface area contributed by atoms with Gasteiger partial charge in [-0.2, -0.15) is 0 Å². The Morgan fingerprint density at radius 3 is 2.58 bits per heavy atom. The van der Waals surface area contributed by atoms with Gasteiger partial charge in [0.25, 0.3) is 0 Å². The SMILES string of the molecule is O=C(C1CCCC1)N(Cc1ccc2c(c1)OCO2)Cc1cc(-c2ccc(F)cc2)on1. The van der Waals surface area contributed by atoms with Crippen LogP contribution in [-0.4, -0.2) is 22.8 Å². The molecule has 7 heteroatoms. The standard InChI is InChI=1S/C24H23FN2O4/c25-19-8-6-17(7-9-19)22-12-20(26-31-22)14-27(24(28)18-3-1-2-4-18)13-16-5-10-21-23(11-16)30-15-29-21/h5-12,18H,1-4,13-15H2. The first-order chi connectivity index (χ1) is 15.2. The molecule has 0 radical (unpaired) electrons. The minimum Gasteiger partial charge on any atom is -0.454 e. The molecule has 2 aliphatic rings. The average Bonchev–Trinajstić information content (AvgIpc) is 3.54. The van der Waals surface area contributed by atoms with Gasteiger partial charge in [-0.25, -0.2) is 4.39 Å². The molecule has 1 amide bonds. The van der Waals surface area contributed by atoms with E-state index in [1.54, 1.807) is 12.1 Å². The molecule has 2 heterocycles. The first kappa shape index (κ1) is 19.6. The third-order valence-corrected chi connectivity index (χ3v) is 5.87. The maximum absolute atomic E-state index is 13.3. The Balaban J connectivity index is 1.37. The first-order valence-corrected chi connectivity index (χ1v) is 10.5. The number of fused-ring (bicyclic) bond motifs is 1. The molecule has 160 valence electrons. The number of nitrogens with zero attached hydrogens (tertiary/aromatic N) is 2. The van der Waals surface area contributed by atoms with E-state index >= 15 is 0 Å². The van der Waals surface area contributed by atoms with Gasteiger partial charge in [0.2, 0.25) is 12.7 Å². The molecule has 1 aliphatic carbocycles. The topological polar surface area (TPSA) is 64.8 Å². The second-order valence-corrected chi connectivity index (χ2v) is 8.05. The number of hydrogen-bond acceptors (Lipinski definition) is 5. The second kappa shape index (κ2) is 8.41. The highest BCUT2D eigenvalue weighted by Gasteiger charge is 2.28. The summed E-state index contributed by atoms with van der Waals surface area (Å²) in [5, 5.41) is 4.16. The highest BCUT2D eigenvalue weighted by Crippen LogP contribution is 2.34. The van der Waals surface area contributed by atoms with Crippen LogP contribution in [0, 0.1) is 11.7 Å². The van der Waals surface area contributed by atoms with Crippen molar-refractivity contribution in [2.45, 2.75) is 38.8 Å². The Morgan fingerprint density at radius 2 is 1.77 bits per heavy atom. The smallest absolute Gasteiger partial charge is 0.231 e. The summed E-state index contributed by atoms with van der Waals surface area (Å²) < 4.78 is 29.5. The number of amides is 1. The van der Waals surface area contributed by atoms with E-state index in [2.05, 4.69) is 5.16 Å². The van der Waals surface area contributed by atoms with E-state index in [0.29, 0.717) is 30.3 Å². The molecule has 1 saturated carbocycles. The summed E-state index contributed by atoms with van der Waals surface area (Å²) in [5.74, 6) is 1.86. The summed E-state index contributed by atoms with van der Waals surface area (Å²) in [6.45, 7) is 1.01. The predicted octanol–water partition coefficient (Wildman–Crippen LogP) is 4.93. The summed E-state index contributed by atoms with van der Waals surface area (Å²) in [6.07, 6.45) is 4.03. The summed E-state index contributed by atoms with van der Waals surface area (Å²) in [6, 6.07) is 13.6. The Kier molecular flexibility index (Phi) is 5.32. The van der Waals surface area contributed by atoms with Gasteiger partial charge in [-0.3, -0.25) is 4.79 Å². The van der Waals surface area contributed by atoms with Crippen LogP contribution in [0.1, 0.15) is 36.9 Å². The lowest BCUT2D eigenvalue weighted by atomic mass is 10.1. The van der Waals surface area contributed by atoms with Crippen LogP contribution in [0.25, 0.3) is 11.3 Å². The largest absolute Gasteiger partial charge is 0.454 e. The molecule has 1 aliphatic heterocycles. The number of carbonyl (C=O) groups is 1. The Labute approximate surface area is 179 Å². The number of benzene rings is 2. The van der Waals surface area contributed by atoms with E-state index in [1.807, 2.05) is 29.2 Å². The molecule has 3 aromatic rings. The van der Waals surface area contributed by atoms with Crippen molar-refractivity contribution in [1.82, 2.24) is 10.1 Å². The fourth-order valence-corrected chi connectivity index (χ4v) is 4.23. The van der Waals surface area contributed by atoms with Gasteiger partial charge in [-0.05, 0) is 54.8 Å². The predicted molar refractivity (Wildman–Crippen MR) is 111 cm³/mol. The third kappa shape index (κ3) is 4.26. The van der Waals surface area contributed by atoms with Crippen molar-refractivity contribution in [3.63, 3.8) is 0 Å². The molecular formula is C24H23FN2O4. The second-order valence-electron chi connectivity index (χ2n) is 8.05. The van der Waals surface area contributed by atoms with Crippen LogP contribution in [0.4, 0.5) is 4.39 Å². The van der Waals surface area contributed by atoms with Crippen molar-refractivity contribution in [2.24, 2.45) is 5.92 Å². The molecule has 6 nitrogen and oxygen atoms in total.